The molecule has 0 radical (unpaired) electrons. The third-order valence-corrected chi connectivity index (χ3v) is 15.4. The van der Waals surface area contributed by atoms with E-state index < -0.39 is 5.41 Å². The maximum absolute atomic E-state index is 4.27. The summed E-state index contributed by atoms with van der Waals surface area (Å²) in [4.78, 5) is 2.55. The van der Waals surface area contributed by atoms with E-state index in [-0.39, 0.29) is 5.41 Å². The molecule has 0 amide bonds. The minimum atomic E-state index is -0.502. The van der Waals surface area contributed by atoms with Crippen molar-refractivity contribution in [1.29, 1.82) is 0 Å². The number of hydrogen-bond acceptors (Lipinski definition) is 1. The largest absolute Gasteiger partial charge is 0.310 e. The van der Waals surface area contributed by atoms with E-state index in [1.54, 1.807) is 0 Å². The fourth-order valence-corrected chi connectivity index (χ4v) is 13.4. The van der Waals surface area contributed by atoms with Gasteiger partial charge in [-0.3, -0.25) is 0 Å². The Hall–Kier alpha value is -7.48. The lowest BCUT2D eigenvalue weighted by Gasteiger charge is -2.35. The number of hydrogen-bond donors (Lipinski definition) is 0. The maximum Gasteiger partial charge on any atom is 0.0726 e. The summed E-state index contributed by atoms with van der Waals surface area (Å²) in [6.45, 7) is 6.45. The molecule has 290 valence electrons. The first-order valence-corrected chi connectivity index (χ1v) is 22.1. The molecule has 8 aromatic rings. The maximum atomic E-state index is 4.27. The Bertz CT molecular complexity index is 3470. The summed E-state index contributed by atoms with van der Waals surface area (Å²) in [5.74, 6) is 0.633. The van der Waals surface area contributed by atoms with E-state index in [0.717, 1.165) is 5.69 Å². The van der Waals surface area contributed by atoms with Gasteiger partial charge in [-0.1, -0.05) is 183 Å². The summed E-state index contributed by atoms with van der Waals surface area (Å²) in [7, 11) is 0. The van der Waals surface area contributed by atoms with Crippen molar-refractivity contribution in [3.05, 3.63) is 263 Å². The molecule has 4 unspecified atom stereocenters. The van der Waals surface area contributed by atoms with Crippen LogP contribution in [0.25, 0.3) is 49.7 Å². The van der Waals surface area contributed by atoms with Crippen LogP contribution in [0.3, 0.4) is 0 Å². The molecule has 6 aliphatic rings. The first-order chi connectivity index (χ1) is 30.7. The van der Waals surface area contributed by atoms with Crippen LogP contribution in [0.15, 0.2) is 218 Å². The number of fused-ring (bicyclic) bond motifs is 13. The molecule has 0 N–H and O–H groups in total. The van der Waals surface area contributed by atoms with Crippen LogP contribution in [0.1, 0.15) is 57.3 Å². The fourth-order valence-electron chi connectivity index (χ4n) is 13.4. The van der Waals surface area contributed by atoms with E-state index in [0.29, 0.717) is 11.8 Å². The predicted molar refractivity (Wildman–Crippen MR) is 258 cm³/mol. The van der Waals surface area contributed by atoms with E-state index in [1.165, 1.54) is 111 Å². The zero-order valence-corrected chi connectivity index (χ0v) is 34.4. The summed E-state index contributed by atoms with van der Waals surface area (Å²) in [6.07, 6.45) is 16.0. The van der Waals surface area contributed by atoms with Gasteiger partial charge >= 0.3 is 0 Å². The molecule has 1 heteroatoms. The van der Waals surface area contributed by atoms with Gasteiger partial charge in [0.05, 0.1) is 16.5 Å². The molecule has 0 aromatic heterocycles. The first-order valence-electron chi connectivity index (χ1n) is 22.1. The van der Waals surface area contributed by atoms with Gasteiger partial charge in [-0.15, -0.1) is 0 Å². The molecule has 14 rings (SSSR count). The Morgan fingerprint density at radius 1 is 0.532 bits per heavy atom. The van der Waals surface area contributed by atoms with Crippen LogP contribution in [0.5, 0.6) is 0 Å². The SMILES string of the molecule is C=CC=C1/C(=C\C)c2ccccc2C12c1ccccc1-c1ccc(N(c3ccc4c(c3)C35c6c-4cccc6-c4cccc(c43)C3C=CC=CC35)c3cccc4ccccc34)cc12. The van der Waals surface area contributed by atoms with Gasteiger partial charge < -0.3 is 4.90 Å². The van der Waals surface area contributed by atoms with Gasteiger partial charge in [0.25, 0.3) is 0 Å². The minimum Gasteiger partial charge on any atom is -0.310 e. The number of rotatable bonds is 4. The van der Waals surface area contributed by atoms with E-state index in [9.17, 15) is 0 Å². The Morgan fingerprint density at radius 2 is 1.13 bits per heavy atom. The van der Waals surface area contributed by atoms with Gasteiger partial charge in [0, 0.05) is 28.6 Å². The second-order valence-corrected chi connectivity index (χ2v) is 17.8. The Balaban J connectivity index is 1.06. The lowest BCUT2D eigenvalue weighted by Crippen LogP contribution is -2.31. The summed E-state index contributed by atoms with van der Waals surface area (Å²) < 4.78 is 0. The molecular formula is C61H41N. The molecule has 0 bridgehead atoms. The molecule has 0 saturated carbocycles. The zero-order valence-electron chi connectivity index (χ0n) is 34.4. The highest BCUT2D eigenvalue weighted by Gasteiger charge is 2.62. The quantitative estimate of drug-likeness (QED) is 0.172. The van der Waals surface area contributed by atoms with Crippen molar-refractivity contribution in [3.8, 4) is 33.4 Å². The van der Waals surface area contributed by atoms with Gasteiger partial charge in [0.15, 0.2) is 0 Å². The third kappa shape index (κ3) is 3.88. The zero-order chi connectivity index (χ0) is 40.9. The van der Waals surface area contributed by atoms with Gasteiger partial charge in [0.2, 0.25) is 0 Å². The van der Waals surface area contributed by atoms with Crippen LogP contribution < -0.4 is 4.90 Å². The summed E-state index contributed by atoms with van der Waals surface area (Å²) >= 11 is 0. The molecule has 6 aliphatic carbocycles. The van der Waals surface area contributed by atoms with Gasteiger partial charge in [-0.25, -0.2) is 0 Å². The predicted octanol–water partition coefficient (Wildman–Crippen LogP) is 15.3. The molecular weight excluding hydrogens is 747 g/mol. The van der Waals surface area contributed by atoms with Gasteiger partial charge in [-0.2, -0.15) is 0 Å². The van der Waals surface area contributed by atoms with Crippen molar-refractivity contribution in [1.82, 2.24) is 0 Å². The Labute approximate surface area is 362 Å². The van der Waals surface area contributed by atoms with Crippen molar-refractivity contribution in [3.63, 3.8) is 0 Å². The molecule has 0 heterocycles. The molecule has 2 spiro atoms. The first kappa shape index (κ1) is 34.3. The van der Waals surface area contributed by atoms with Crippen molar-refractivity contribution in [2.75, 3.05) is 4.90 Å². The fraction of sp³-hybridized carbons (Fsp3) is 0.0820. The van der Waals surface area contributed by atoms with Crippen LogP contribution in [-0.4, -0.2) is 0 Å². The van der Waals surface area contributed by atoms with Crippen LogP contribution in [0.4, 0.5) is 17.1 Å². The highest BCUT2D eigenvalue weighted by molar-refractivity contribution is 6.04. The third-order valence-electron chi connectivity index (χ3n) is 15.4. The van der Waals surface area contributed by atoms with Crippen LogP contribution in [0, 0.1) is 5.92 Å². The van der Waals surface area contributed by atoms with Crippen molar-refractivity contribution < 1.29 is 0 Å². The van der Waals surface area contributed by atoms with Crippen molar-refractivity contribution in [2.24, 2.45) is 5.92 Å². The molecule has 8 aromatic carbocycles. The molecule has 0 fully saturated rings. The van der Waals surface area contributed by atoms with E-state index >= 15 is 0 Å². The average molecular weight is 788 g/mol. The van der Waals surface area contributed by atoms with Crippen LogP contribution in [0.2, 0.25) is 0 Å². The average Bonchev–Trinajstić information content (AvgIpc) is 4.07. The Morgan fingerprint density at radius 3 is 1.94 bits per heavy atom. The number of anilines is 3. The number of nitrogens with zero attached hydrogens (tertiary/aromatic N) is 1. The van der Waals surface area contributed by atoms with E-state index in [1.807, 2.05) is 6.08 Å². The minimum absolute atomic E-state index is 0.260. The topological polar surface area (TPSA) is 3.24 Å². The molecule has 0 aliphatic heterocycles. The molecule has 62 heavy (non-hydrogen) atoms. The summed E-state index contributed by atoms with van der Waals surface area (Å²) in [5.41, 5.74) is 24.5. The highest BCUT2D eigenvalue weighted by Crippen LogP contribution is 2.72. The van der Waals surface area contributed by atoms with Crippen molar-refractivity contribution >= 4 is 33.4 Å². The summed E-state index contributed by atoms with van der Waals surface area (Å²) in [5, 5.41) is 2.45. The number of allylic oxidation sites excluding steroid dienone is 9. The van der Waals surface area contributed by atoms with Crippen LogP contribution >= 0.6 is 0 Å². The highest BCUT2D eigenvalue weighted by atomic mass is 15.1. The molecule has 1 nitrogen and oxygen atoms in total. The Kier molecular flexibility index (Phi) is 6.68. The monoisotopic (exact) mass is 787 g/mol. The second kappa shape index (κ2) is 12.1. The number of benzene rings is 8. The lowest BCUT2D eigenvalue weighted by atomic mass is 9.67. The summed E-state index contributed by atoms with van der Waals surface area (Å²) in [6, 6.07) is 62.5. The van der Waals surface area contributed by atoms with Gasteiger partial charge in [-0.05, 0) is 132 Å². The van der Waals surface area contributed by atoms with Crippen LogP contribution in [-0.2, 0) is 10.8 Å². The standard InChI is InChI=1S/C61H41N/c1-3-16-51-40(4-2)42-20-7-10-27-52(42)60(51)53-28-11-8-21-43(53)45-33-31-38(35-55(45)60)62(57-30-13-18-37-17-5-6-19-41(37)57)39-32-34-46-48-24-15-26-50-49-25-14-23-47-44-22-9-12-29-54(44)61(58(47)49,59(48)50)56(46)36-39/h3-36,44,54H,1H2,2H3/b40-4-,51-16?. The van der Waals surface area contributed by atoms with E-state index in [4.69, 9.17) is 0 Å². The van der Waals surface area contributed by atoms with Crippen molar-refractivity contribution in [2.45, 2.75) is 23.7 Å². The molecule has 0 saturated heterocycles. The van der Waals surface area contributed by atoms with E-state index in [2.05, 4.69) is 219 Å². The normalized spacial score (nSPS) is 23.0. The lowest BCUT2D eigenvalue weighted by molar-refractivity contribution is 0.472. The van der Waals surface area contributed by atoms with Gasteiger partial charge in [0.1, 0.15) is 0 Å². The second-order valence-electron chi connectivity index (χ2n) is 17.8. The molecule has 4 atom stereocenters. The smallest absolute Gasteiger partial charge is 0.0726 e.